The van der Waals surface area contributed by atoms with Crippen LogP contribution in [0.2, 0.25) is 0 Å². The molecule has 0 aliphatic heterocycles. The smallest absolute Gasteiger partial charge is 0.0650 e. The van der Waals surface area contributed by atoms with Gasteiger partial charge in [-0.3, -0.25) is 5.10 Å². The average molecular weight is 296 g/mol. The lowest BCUT2D eigenvalue weighted by molar-refractivity contribution is 1.10. The monoisotopic (exact) mass is 296 g/mol. The van der Waals surface area contributed by atoms with E-state index in [1.807, 2.05) is 12.1 Å². The molecule has 0 aliphatic carbocycles. The number of nitrogens with zero attached hydrogens (tertiary/aromatic N) is 1. The number of aromatic amines is 1. The lowest BCUT2D eigenvalue weighted by Gasteiger charge is -2.07. The second-order valence-corrected chi connectivity index (χ2v) is 5.49. The summed E-state index contributed by atoms with van der Waals surface area (Å²) in [7, 11) is 0. The lowest BCUT2D eigenvalue weighted by Crippen LogP contribution is -1.82. The first-order valence-electron chi connectivity index (χ1n) is 7.66. The molecule has 0 spiro atoms. The molecule has 1 heterocycles. The van der Waals surface area contributed by atoms with Crippen LogP contribution >= 0.6 is 0 Å². The highest BCUT2D eigenvalue weighted by Crippen LogP contribution is 2.27. The van der Waals surface area contributed by atoms with Crippen molar-refractivity contribution in [2.75, 3.05) is 0 Å². The Kier molecular flexibility index (Phi) is 3.49. The molecule has 23 heavy (non-hydrogen) atoms. The van der Waals surface area contributed by atoms with Crippen LogP contribution in [0.1, 0.15) is 0 Å². The van der Waals surface area contributed by atoms with Crippen LogP contribution in [0.5, 0.6) is 0 Å². The van der Waals surface area contributed by atoms with Crippen molar-refractivity contribution in [3.8, 4) is 33.5 Å². The molecule has 1 aromatic heterocycles. The summed E-state index contributed by atoms with van der Waals surface area (Å²) in [6.45, 7) is 0. The zero-order valence-corrected chi connectivity index (χ0v) is 12.6. The predicted molar refractivity (Wildman–Crippen MR) is 94.9 cm³/mol. The van der Waals surface area contributed by atoms with E-state index < -0.39 is 0 Å². The highest BCUT2D eigenvalue weighted by atomic mass is 15.1. The summed E-state index contributed by atoms with van der Waals surface area (Å²) < 4.78 is 0. The van der Waals surface area contributed by atoms with Gasteiger partial charge in [-0.15, -0.1) is 0 Å². The first-order valence-corrected chi connectivity index (χ1v) is 7.66. The molecule has 0 unspecified atom stereocenters. The Balaban J connectivity index is 1.68. The molecule has 1 N–H and O–H groups in total. The highest BCUT2D eigenvalue weighted by molar-refractivity contribution is 5.74. The van der Waals surface area contributed by atoms with Gasteiger partial charge < -0.3 is 0 Å². The Morgan fingerprint density at radius 3 is 1.78 bits per heavy atom. The third kappa shape index (κ3) is 2.79. The fourth-order valence-corrected chi connectivity index (χ4v) is 2.77. The minimum atomic E-state index is 1.04. The van der Waals surface area contributed by atoms with E-state index in [9.17, 15) is 0 Å². The summed E-state index contributed by atoms with van der Waals surface area (Å²) in [5.41, 5.74) is 7.10. The van der Waals surface area contributed by atoms with E-state index in [0.29, 0.717) is 0 Å². The molecule has 2 heteroatoms. The van der Waals surface area contributed by atoms with E-state index >= 15 is 0 Å². The Labute approximate surface area is 135 Å². The van der Waals surface area contributed by atoms with Crippen LogP contribution in [-0.4, -0.2) is 10.2 Å². The minimum Gasteiger partial charge on any atom is -0.278 e. The van der Waals surface area contributed by atoms with Crippen molar-refractivity contribution in [3.63, 3.8) is 0 Å². The molecule has 110 valence electrons. The van der Waals surface area contributed by atoms with Crippen LogP contribution in [0.25, 0.3) is 33.5 Å². The van der Waals surface area contributed by atoms with E-state index in [1.54, 1.807) is 6.20 Å². The van der Waals surface area contributed by atoms with Gasteiger partial charge in [0.25, 0.3) is 0 Å². The summed E-state index contributed by atoms with van der Waals surface area (Å²) in [6.07, 6.45) is 1.77. The highest BCUT2D eigenvalue weighted by Gasteiger charge is 2.03. The second-order valence-electron chi connectivity index (χ2n) is 5.49. The van der Waals surface area contributed by atoms with Crippen molar-refractivity contribution in [1.82, 2.24) is 10.2 Å². The van der Waals surface area contributed by atoms with Gasteiger partial charge in [0.15, 0.2) is 0 Å². The Morgan fingerprint density at radius 2 is 1.13 bits per heavy atom. The number of rotatable bonds is 3. The maximum absolute atomic E-state index is 4.00. The molecule has 0 radical (unpaired) electrons. The molecular weight excluding hydrogens is 280 g/mol. The van der Waals surface area contributed by atoms with Crippen molar-refractivity contribution in [2.45, 2.75) is 0 Å². The summed E-state index contributed by atoms with van der Waals surface area (Å²) in [4.78, 5) is 0. The maximum Gasteiger partial charge on any atom is 0.0650 e. The van der Waals surface area contributed by atoms with Crippen LogP contribution in [-0.2, 0) is 0 Å². The number of hydrogen-bond donors (Lipinski definition) is 1. The fourth-order valence-electron chi connectivity index (χ4n) is 2.77. The van der Waals surface area contributed by atoms with E-state index in [4.69, 9.17) is 0 Å². The normalized spacial score (nSPS) is 10.6. The molecule has 2 nitrogen and oxygen atoms in total. The predicted octanol–water partition coefficient (Wildman–Crippen LogP) is 5.41. The molecular formula is C21H16N2. The van der Waals surface area contributed by atoms with E-state index in [-0.39, 0.29) is 0 Å². The van der Waals surface area contributed by atoms with Crippen LogP contribution in [0.3, 0.4) is 0 Å². The third-order valence-corrected chi connectivity index (χ3v) is 4.00. The number of nitrogens with one attached hydrogen (secondary N) is 1. The molecule has 0 saturated heterocycles. The zero-order valence-electron chi connectivity index (χ0n) is 12.6. The van der Waals surface area contributed by atoms with Gasteiger partial charge in [0, 0.05) is 6.20 Å². The van der Waals surface area contributed by atoms with Gasteiger partial charge in [-0.25, -0.2) is 0 Å². The minimum absolute atomic E-state index is 1.04. The van der Waals surface area contributed by atoms with Gasteiger partial charge in [0.1, 0.15) is 0 Å². The van der Waals surface area contributed by atoms with Crippen LogP contribution < -0.4 is 0 Å². The summed E-state index contributed by atoms with van der Waals surface area (Å²) in [5, 5.41) is 6.99. The Hall–Kier alpha value is -3.13. The van der Waals surface area contributed by atoms with Gasteiger partial charge >= 0.3 is 0 Å². The largest absolute Gasteiger partial charge is 0.278 e. The third-order valence-electron chi connectivity index (χ3n) is 4.00. The molecule has 0 saturated carbocycles. The number of aromatic nitrogens is 2. The van der Waals surface area contributed by atoms with Gasteiger partial charge in [0.05, 0.1) is 5.69 Å². The first-order chi connectivity index (χ1) is 11.4. The van der Waals surface area contributed by atoms with Crippen LogP contribution in [0.4, 0.5) is 0 Å². The second kappa shape index (κ2) is 5.93. The Bertz CT molecular complexity index is 892. The molecule has 0 bridgehead atoms. The van der Waals surface area contributed by atoms with E-state index in [0.717, 1.165) is 11.3 Å². The molecule has 0 amide bonds. The number of benzene rings is 3. The topological polar surface area (TPSA) is 28.7 Å². The van der Waals surface area contributed by atoms with Crippen LogP contribution in [0.15, 0.2) is 91.1 Å². The average Bonchev–Trinajstić information content (AvgIpc) is 3.17. The van der Waals surface area contributed by atoms with Crippen molar-refractivity contribution in [3.05, 3.63) is 91.1 Å². The van der Waals surface area contributed by atoms with Gasteiger partial charge in [-0.2, -0.15) is 5.10 Å². The maximum atomic E-state index is 4.00. The molecule has 0 atom stereocenters. The van der Waals surface area contributed by atoms with Crippen molar-refractivity contribution < 1.29 is 0 Å². The van der Waals surface area contributed by atoms with E-state index in [1.165, 1.54) is 22.3 Å². The zero-order chi connectivity index (χ0) is 15.5. The number of hydrogen-bond acceptors (Lipinski definition) is 1. The van der Waals surface area contributed by atoms with Crippen molar-refractivity contribution >= 4 is 0 Å². The quantitative estimate of drug-likeness (QED) is 0.538. The van der Waals surface area contributed by atoms with Crippen LogP contribution in [0, 0.1) is 0 Å². The van der Waals surface area contributed by atoms with Crippen molar-refractivity contribution in [1.29, 1.82) is 0 Å². The summed E-state index contributed by atoms with van der Waals surface area (Å²) in [5.74, 6) is 0. The van der Waals surface area contributed by atoms with Gasteiger partial charge in [-0.05, 0) is 39.9 Å². The summed E-state index contributed by atoms with van der Waals surface area (Å²) in [6, 6.07) is 29.6. The van der Waals surface area contributed by atoms with Gasteiger partial charge in [0.2, 0.25) is 0 Å². The summed E-state index contributed by atoms with van der Waals surface area (Å²) >= 11 is 0. The molecule has 0 fully saturated rings. The Morgan fingerprint density at radius 1 is 0.522 bits per heavy atom. The molecule has 4 rings (SSSR count). The molecule has 3 aromatic carbocycles. The molecule has 4 aromatic rings. The first kappa shape index (κ1) is 13.5. The SMILES string of the molecule is c1ccc(-c2cccc(-c3ccc(-c4ccn[nH]4)cc3)c2)cc1. The standard InChI is InChI=1S/C21H16N2/c1-2-5-16(6-3-1)19-7-4-8-20(15-19)17-9-11-18(12-10-17)21-13-14-22-23-21/h1-15H,(H,22,23). The van der Waals surface area contributed by atoms with Crippen molar-refractivity contribution in [2.24, 2.45) is 0 Å². The fraction of sp³-hybridized carbons (Fsp3) is 0. The molecule has 0 aliphatic rings. The van der Waals surface area contributed by atoms with Gasteiger partial charge in [-0.1, -0.05) is 72.8 Å². The number of H-pyrrole nitrogens is 1. The lowest BCUT2D eigenvalue weighted by atomic mass is 9.98. The van der Waals surface area contributed by atoms with E-state index in [2.05, 4.69) is 83.0 Å².